The van der Waals surface area contributed by atoms with Crippen LogP contribution in [0.15, 0.2) is 41.5 Å². The number of aromatic amines is 1. The van der Waals surface area contributed by atoms with Crippen LogP contribution in [0.2, 0.25) is 0 Å². The monoisotopic (exact) mass is 354 g/mol. The zero-order chi connectivity index (χ0) is 18.2. The number of guanidine groups is 1. The first-order chi connectivity index (χ1) is 12.8. The van der Waals surface area contributed by atoms with Gasteiger partial charge in [0.1, 0.15) is 5.82 Å². The van der Waals surface area contributed by atoms with Crippen molar-refractivity contribution in [3.63, 3.8) is 0 Å². The van der Waals surface area contributed by atoms with Crippen LogP contribution in [0.5, 0.6) is 0 Å². The Bertz CT molecular complexity index is 685. The number of piperidine rings is 1. The van der Waals surface area contributed by atoms with Crippen LogP contribution >= 0.6 is 0 Å². The highest BCUT2D eigenvalue weighted by molar-refractivity contribution is 5.79. The van der Waals surface area contributed by atoms with Gasteiger partial charge in [-0.15, -0.1) is 0 Å². The summed E-state index contributed by atoms with van der Waals surface area (Å²) >= 11 is 0. The molecule has 0 bridgehead atoms. The van der Waals surface area contributed by atoms with E-state index in [4.69, 9.17) is 0 Å². The first-order valence-electron chi connectivity index (χ1n) is 9.57. The zero-order valence-corrected chi connectivity index (χ0v) is 15.8. The fourth-order valence-electron chi connectivity index (χ4n) is 3.39. The summed E-state index contributed by atoms with van der Waals surface area (Å²) in [5.41, 5.74) is 2.18. The van der Waals surface area contributed by atoms with Crippen LogP contribution in [0.25, 0.3) is 11.3 Å². The Labute approximate surface area is 156 Å². The normalized spacial score (nSPS) is 16.6. The molecule has 26 heavy (non-hydrogen) atoms. The molecule has 6 nitrogen and oxygen atoms in total. The highest BCUT2D eigenvalue weighted by Crippen LogP contribution is 2.16. The van der Waals surface area contributed by atoms with Crippen molar-refractivity contribution in [2.45, 2.75) is 38.8 Å². The van der Waals surface area contributed by atoms with Gasteiger partial charge in [0.15, 0.2) is 5.96 Å². The number of benzene rings is 1. The second-order valence-corrected chi connectivity index (χ2v) is 6.80. The highest BCUT2D eigenvalue weighted by atomic mass is 15.2. The molecular weight excluding hydrogens is 324 g/mol. The van der Waals surface area contributed by atoms with Crippen molar-refractivity contribution in [1.82, 2.24) is 25.5 Å². The van der Waals surface area contributed by atoms with Gasteiger partial charge in [0.25, 0.3) is 0 Å². The van der Waals surface area contributed by atoms with E-state index in [2.05, 4.69) is 49.6 Å². The topological polar surface area (TPSA) is 68.3 Å². The molecule has 1 aliphatic rings. The van der Waals surface area contributed by atoms with Gasteiger partial charge in [-0.1, -0.05) is 37.3 Å². The molecule has 0 aliphatic carbocycles. The smallest absolute Gasteiger partial charge is 0.191 e. The maximum absolute atomic E-state index is 4.47. The maximum Gasteiger partial charge on any atom is 0.191 e. The number of H-pyrrole nitrogens is 1. The molecule has 1 aliphatic heterocycles. The van der Waals surface area contributed by atoms with E-state index < -0.39 is 0 Å². The lowest BCUT2D eigenvalue weighted by Gasteiger charge is -2.32. The van der Waals surface area contributed by atoms with E-state index in [9.17, 15) is 0 Å². The summed E-state index contributed by atoms with van der Waals surface area (Å²) in [7, 11) is 1.82. The summed E-state index contributed by atoms with van der Waals surface area (Å²) in [5.74, 6) is 1.75. The van der Waals surface area contributed by atoms with Gasteiger partial charge in [0.2, 0.25) is 0 Å². The van der Waals surface area contributed by atoms with Crippen LogP contribution in [-0.2, 0) is 6.54 Å². The molecule has 140 valence electrons. The third-order valence-corrected chi connectivity index (χ3v) is 4.83. The Hall–Kier alpha value is -2.34. The number of nitrogens with one attached hydrogen (secondary N) is 3. The number of hydrogen-bond donors (Lipinski definition) is 3. The van der Waals surface area contributed by atoms with Crippen molar-refractivity contribution >= 4 is 5.96 Å². The van der Waals surface area contributed by atoms with E-state index in [-0.39, 0.29) is 0 Å². The molecule has 3 N–H and O–H groups in total. The number of imidazole rings is 1. The SMILES string of the molecule is CCCN1CCC(NC(=NC)NCc2ncc(-c3ccccc3)[nH]2)CC1. The average Bonchev–Trinajstić information content (AvgIpc) is 3.16. The van der Waals surface area contributed by atoms with Crippen LogP contribution in [0, 0.1) is 0 Å². The summed E-state index contributed by atoms with van der Waals surface area (Å²) in [6, 6.07) is 10.7. The predicted octanol–water partition coefficient (Wildman–Crippen LogP) is 2.62. The Morgan fingerprint density at radius 1 is 1.27 bits per heavy atom. The first-order valence-corrected chi connectivity index (χ1v) is 9.57. The Morgan fingerprint density at radius 3 is 2.73 bits per heavy atom. The average molecular weight is 355 g/mol. The minimum absolute atomic E-state index is 0.491. The largest absolute Gasteiger partial charge is 0.354 e. The second-order valence-electron chi connectivity index (χ2n) is 6.80. The number of nitrogens with zero attached hydrogens (tertiary/aromatic N) is 3. The highest BCUT2D eigenvalue weighted by Gasteiger charge is 2.19. The lowest BCUT2D eigenvalue weighted by Crippen LogP contribution is -2.48. The minimum Gasteiger partial charge on any atom is -0.354 e. The number of likely N-dealkylation sites (tertiary alicyclic amines) is 1. The van der Waals surface area contributed by atoms with E-state index in [1.165, 1.54) is 38.9 Å². The molecule has 2 heterocycles. The summed E-state index contributed by atoms with van der Waals surface area (Å²) in [6.07, 6.45) is 5.45. The molecule has 1 fully saturated rings. The van der Waals surface area contributed by atoms with Gasteiger partial charge in [-0.3, -0.25) is 4.99 Å². The van der Waals surface area contributed by atoms with Crippen molar-refractivity contribution in [3.8, 4) is 11.3 Å². The van der Waals surface area contributed by atoms with Crippen LogP contribution in [0.1, 0.15) is 32.0 Å². The number of aromatic nitrogens is 2. The molecular formula is C20H30N6. The molecule has 0 unspecified atom stereocenters. The molecule has 1 aromatic carbocycles. The van der Waals surface area contributed by atoms with Crippen molar-refractivity contribution in [2.24, 2.45) is 4.99 Å². The molecule has 6 heteroatoms. The summed E-state index contributed by atoms with van der Waals surface area (Å²) in [5, 5.41) is 6.91. The zero-order valence-electron chi connectivity index (χ0n) is 15.8. The Kier molecular flexibility index (Phi) is 6.66. The lowest BCUT2D eigenvalue weighted by molar-refractivity contribution is 0.206. The molecule has 0 atom stereocenters. The lowest BCUT2D eigenvalue weighted by atomic mass is 10.1. The fraction of sp³-hybridized carbons (Fsp3) is 0.500. The van der Waals surface area contributed by atoms with Gasteiger partial charge >= 0.3 is 0 Å². The molecule has 0 saturated carbocycles. The van der Waals surface area contributed by atoms with E-state index in [0.717, 1.165) is 23.0 Å². The van der Waals surface area contributed by atoms with E-state index in [0.29, 0.717) is 12.6 Å². The third kappa shape index (κ3) is 5.08. The van der Waals surface area contributed by atoms with E-state index >= 15 is 0 Å². The van der Waals surface area contributed by atoms with Crippen LogP contribution in [0.3, 0.4) is 0 Å². The van der Waals surface area contributed by atoms with Crippen molar-refractivity contribution in [3.05, 3.63) is 42.4 Å². The predicted molar refractivity (Wildman–Crippen MR) is 107 cm³/mol. The fourth-order valence-corrected chi connectivity index (χ4v) is 3.39. The van der Waals surface area contributed by atoms with Gasteiger partial charge in [-0.05, 0) is 31.4 Å². The molecule has 3 rings (SSSR count). The minimum atomic E-state index is 0.491. The Morgan fingerprint density at radius 2 is 2.04 bits per heavy atom. The standard InChI is InChI=1S/C20H30N6/c1-3-11-26-12-9-17(10-13-26)24-20(21-2)23-15-19-22-14-18(25-19)16-7-5-4-6-8-16/h4-8,14,17H,3,9-13,15H2,1-2H3,(H,22,25)(H2,21,23,24). The number of aliphatic imine (C=N–C) groups is 1. The molecule has 2 aromatic rings. The molecule has 0 spiro atoms. The van der Waals surface area contributed by atoms with Crippen LogP contribution < -0.4 is 10.6 Å². The van der Waals surface area contributed by atoms with Gasteiger partial charge in [-0.25, -0.2) is 4.98 Å². The Balaban J connectivity index is 1.47. The van der Waals surface area contributed by atoms with Gasteiger partial charge < -0.3 is 20.5 Å². The number of hydrogen-bond acceptors (Lipinski definition) is 3. The van der Waals surface area contributed by atoms with Gasteiger partial charge in [0.05, 0.1) is 18.4 Å². The summed E-state index contributed by atoms with van der Waals surface area (Å²) in [6.45, 7) is 6.42. The molecule has 0 amide bonds. The number of rotatable bonds is 6. The van der Waals surface area contributed by atoms with Crippen molar-refractivity contribution < 1.29 is 0 Å². The molecule has 0 radical (unpaired) electrons. The van der Waals surface area contributed by atoms with Crippen LogP contribution in [-0.4, -0.2) is 53.6 Å². The summed E-state index contributed by atoms with van der Waals surface area (Å²) in [4.78, 5) is 14.7. The van der Waals surface area contributed by atoms with E-state index in [1.54, 1.807) is 0 Å². The van der Waals surface area contributed by atoms with Crippen molar-refractivity contribution in [2.75, 3.05) is 26.7 Å². The summed E-state index contributed by atoms with van der Waals surface area (Å²) < 4.78 is 0. The van der Waals surface area contributed by atoms with Gasteiger partial charge in [0, 0.05) is 26.2 Å². The second kappa shape index (κ2) is 9.38. The first kappa shape index (κ1) is 18.5. The third-order valence-electron chi connectivity index (χ3n) is 4.83. The van der Waals surface area contributed by atoms with Crippen molar-refractivity contribution in [1.29, 1.82) is 0 Å². The molecule has 1 aromatic heterocycles. The maximum atomic E-state index is 4.47. The molecule has 1 saturated heterocycles. The quantitative estimate of drug-likeness (QED) is 0.551. The van der Waals surface area contributed by atoms with Gasteiger partial charge in [-0.2, -0.15) is 0 Å². The van der Waals surface area contributed by atoms with Crippen LogP contribution in [0.4, 0.5) is 0 Å². The van der Waals surface area contributed by atoms with E-state index in [1.807, 2.05) is 31.4 Å².